The van der Waals surface area contributed by atoms with Crippen molar-refractivity contribution >= 4 is 43.2 Å². The van der Waals surface area contributed by atoms with Gasteiger partial charge < -0.3 is 0 Å². The van der Waals surface area contributed by atoms with Crippen LogP contribution in [0.1, 0.15) is 25.7 Å². The predicted molar refractivity (Wildman–Crippen MR) is 83.3 cm³/mol. The zero-order chi connectivity index (χ0) is 12.4. The van der Waals surface area contributed by atoms with Crippen molar-refractivity contribution in [1.82, 2.24) is 0 Å². The Morgan fingerprint density at radius 2 is 2.00 bits per heavy atom. The molecular weight excluding hydrogens is 360 g/mol. The number of hydrogen-bond acceptors (Lipinski definition) is 1. The first-order valence-electron chi connectivity index (χ1n) is 5.51. The normalized spacial score (nSPS) is 12.7. The summed E-state index contributed by atoms with van der Waals surface area (Å²) in [6.45, 7) is 4.36. The average molecular weight is 374 g/mol. The molecule has 0 aliphatic heterocycles. The molecule has 1 aromatic carbocycles. The van der Waals surface area contributed by atoms with Crippen LogP contribution in [0.2, 0.25) is 0 Å². The zero-order valence-corrected chi connectivity index (χ0v) is 13.8. The van der Waals surface area contributed by atoms with Gasteiger partial charge >= 0.3 is 0 Å². The smallest absolute Gasteiger partial charge is 0.0529 e. The third-order valence-corrected chi connectivity index (χ3v) is 5.68. The van der Waals surface area contributed by atoms with E-state index in [1.165, 1.54) is 20.9 Å². The molecule has 1 atom stereocenters. The summed E-state index contributed by atoms with van der Waals surface area (Å²) in [6, 6.07) is 10.8. The summed E-state index contributed by atoms with van der Waals surface area (Å²) in [5.41, 5.74) is 2.74. The molecule has 0 amide bonds. The van der Waals surface area contributed by atoms with Crippen LogP contribution < -0.4 is 0 Å². The van der Waals surface area contributed by atoms with E-state index in [0.29, 0.717) is 4.83 Å². The second kappa shape index (κ2) is 5.68. The van der Waals surface area contributed by atoms with Crippen molar-refractivity contribution in [2.75, 3.05) is 0 Å². The molecule has 0 radical (unpaired) electrons. The molecule has 0 fully saturated rings. The maximum absolute atomic E-state index is 3.79. The Hall–Kier alpha value is -0.120. The largest absolute Gasteiger partial charge is 0.144 e. The molecule has 0 aliphatic rings. The van der Waals surface area contributed by atoms with Crippen molar-refractivity contribution in [2.24, 2.45) is 0 Å². The minimum absolute atomic E-state index is 0.411. The van der Waals surface area contributed by atoms with Crippen molar-refractivity contribution < 1.29 is 0 Å². The van der Waals surface area contributed by atoms with Gasteiger partial charge in [-0.3, -0.25) is 0 Å². The van der Waals surface area contributed by atoms with E-state index in [4.69, 9.17) is 0 Å². The second-order valence-corrected chi connectivity index (χ2v) is 7.50. The molecule has 0 bridgehead atoms. The Kier molecular flexibility index (Phi) is 4.45. The molecule has 0 N–H and O–H groups in total. The summed E-state index contributed by atoms with van der Waals surface area (Å²) < 4.78 is 1.15. The van der Waals surface area contributed by atoms with Crippen LogP contribution in [0.3, 0.4) is 0 Å². The second-order valence-electron chi connectivity index (χ2n) is 4.19. The molecule has 2 rings (SSSR count). The standard InChI is InChI=1S/C14H14Br2S/c1-9-6-14(17-10(9)2)13(16)8-11-4-3-5-12(15)7-11/h3-7,13H,8H2,1-2H3. The Balaban J connectivity index is 2.14. The predicted octanol–water partition coefficient (Wildman–Crippen LogP) is 5.81. The first-order chi connectivity index (χ1) is 8.06. The monoisotopic (exact) mass is 372 g/mol. The van der Waals surface area contributed by atoms with Crippen molar-refractivity contribution in [3.63, 3.8) is 0 Å². The summed E-state index contributed by atoms with van der Waals surface area (Å²) in [4.78, 5) is 3.24. The maximum atomic E-state index is 3.79. The summed E-state index contributed by atoms with van der Waals surface area (Å²) in [6.07, 6.45) is 1.03. The van der Waals surface area contributed by atoms with E-state index in [-0.39, 0.29) is 0 Å². The molecule has 0 aliphatic carbocycles. The van der Waals surface area contributed by atoms with Gasteiger partial charge in [0, 0.05) is 14.2 Å². The van der Waals surface area contributed by atoms with Gasteiger partial charge in [0.15, 0.2) is 0 Å². The Bertz CT molecular complexity index is 497. The third-order valence-electron chi connectivity index (χ3n) is 2.80. The average Bonchev–Trinajstić information content (AvgIpc) is 2.59. The van der Waals surface area contributed by atoms with E-state index in [2.05, 4.69) is 76.0 Å². The van der Waals surface area contributed by atoms with Crippen LogP contribution >= 0.6 is 43.2 Å². The van der Waals surface area contributed by atoms with Gasteiger partial charge in [-0.2, -0.15) is 0 Å². The number of rotatable bonds is 3. The van der Waals surface area contributed by atoms with Crippen LogP contribution in [0.25, 0.3) is 0 Å². The van der Waals surface area contributed by atoms with Gasteiger partial charge in [-0.25, -0.2) is 0 Å². The minimum Gasteiger partial charge on any atom is -0.144 e. The van der Waals surface area contributed by atoms with Crippen molar-refractivity contribution in [1.29, 1.82) is 0 Å². The van der Waals surface area contributed by atoms with Gasteiger partial charge in [-0.15, -0.1) is 11.3 Å². The fraction of sp³-hybridized carbons (Fsp3) is 0.286. The Morgan fingerprint density at radius 3 is 2.59 bits per heavy atom. The summed E-state index contributed by atoms with van der Waals surface area (Å²) in [7, 11) is 0. The lowest BCUT2D eigenvalue weighted by Crippen LogP contribution is -1.92. The lowest BCUT2D eigenvalue weighted by atomic mass is 10.1. The number of halogens is 2. The van der Waals surface area contributed by atoms with Gasteiger partial charge in [0.05, 0.1) is 4.83 Å². The molecule has 1 aromatic heterocycles. The van der Waals surface area contributed by atoms with Crippen molar-refractivity contribution in [3.8, 4) is 0 Å². The highest BCUT2D eigenvalue weighted by atomic mass is 79.9. The van der Waals surface area contributed by atoms with E-state index >= 15 is 0 Å². The van der Waals surface area contributed by atoms with Gasteiger partial charge in [0.25, 0.3) is 0 Å². The van der Waals surface area contributed by atoms with Crippen molar-refractivity contribution in [3.05, 3.63) is 55.7 Å². The molecule has 0 saturated heterocycles. The topological polar surface area (TPSA) is 0 Å². The molecule has 1 heterocycles. The van der Waals surface area contributed by atoms with Crippen molar-refractivity contribution in [2.45, 2.75) is 25.1 Å². The lowest BCUT2D eigenvalue weighted by molar-refractivity contribution is 0.967. The minimum atomic E-state index is 0.411. The fourth-order valence-corrected chi connectivity index (χ4v) is 3.98. The number of hydrogen-bond donors (Lipinski definition) is 0. The van der Waals surface area contributed by atoms with Crippen LogP contribution in [0.4, 0.5) is 0 Å². The van der Waals surface area contributed by atoms with Gasteiger partial charge in [0.1, 0.15) is 0 Å². The highest BCUT2D eigenvalue weighted by molar-refractivity contribution is 9.10. The highest BCUT2D eigenvalue weighted by Crippen LogP contribution is 2.34. The van der Waals surface area contributed by atoms with E-state index in [0.717, 1.165) is 10.9 Å². The van der Waals surface area contributed by atoms with Crippen LogP contribution in [0, 0.1) is 13.8 Å². The van der Waals surface area contributed by atoms with Crippen LogP contribution in [-0.2, 0) is 6.42 Å². The molecule has 17 heavy (non-hydrogen) atoms. The maximum Gasteiger partial charge on any atom is 0.0529 e. The SMILES string of the molecule is Cc1cc(C(Br)Cc2cccc(Br)c2)sc1C. The van der Waals surface area contributed by atoms with Gasteiger partial charge in [0.2, 0.25) is 0 Å². The number of benzene rings is 1. The number of aryl methyl sites for hydroxylation is 2. The zero-order valence-electron chi connectivity index (χ0n) is 9.84. The van der Waals surface area contributed by atoms with Gasteiger partial charge in [-0.05, 0) is 49.6 Å². The van der Waals surface area contributed by atoms with Gasteiger partial charge in [-0.1, -0.05) is 44.0 Å². The van der Waals surface area contributed by atoms with Crippen LogP contribution in [0.15, 0.2) is 34.8 Å². The van der Waals surface area contributed by atoms with E-state index in [1.54, 1.807) is 0 Å². The van der Waals surface area contributed by atoms with E-state index in [9.17, 15) is 0 Å². The Labute approximate surface area is 123 Å². The quantitative estimate of drug-likeness (QED) is 0.596. The summed E-state index contributed by atoms with van der Waals surface area (Å²) >= 11 is 9.19. The molecule has 90 valence electrons. The summed E-state index contributed by atoms with van der Waals surface area (Å²) in [5, 5.41) is 0. The first-order valence-corrected chi connectivity index (χ1v) is 8.04. The Morgan fingerprint density at radius 1 is 1.24 bits per heavy atom. The first kappa shape index (κ1) is 13.3. The highest BCUT2D eigenvalue weighted by Gasteiger charge is 2.12. The fourth-order valence-electron chi connectivity index (χ4n) is 1.73. The molecule has 0 nitrogen and oxygen atoms in total. The molecule has 0 spiro atoms. The van der Waals surface area contributed by atoms with Crippen LogP contribution in [-0.4, -0.2) is 0 Å². The third kappa shape index (κ3) is 3.43. The lowest BCUT2D eigenvalue weighted by Gasteiger charge is -2.08. The molecule has 3 heteroatoms. The number of alkyl halides is 1. The van der Waals surface area contributed by atoms with E-state index < -0.39 is 0 Å². The molecule has 1 unspecified atom stereocenters. The van der Waals surface area contributed by atoms with Crippen LogP contribution in [0.5, 0.6) is 0 Å². The molecule has 0 saturated carbocycles. The molecular formula is C14H14Br2S. The number of thiophene rings is 1. The van der Waals surface area contributed by atoms with E-state index in [1.807, 2.05) is 11.3 Å². The molecule has 2 aromatic rings. The summed E-state index contributed by atoms with van der Waals surface area (Å²) in [5.74, 6) is 0.